The molecule has 0 saturated heterocycles. The first-order valence-corrected chi connectivity index (χ1v) is 6.62. The van der Waals surface area contributed by atoms with Gasteiger partial charge in [-0.2, -0.15) is 0 Å². The quantitative estimate of drug-likeness (QED) is 0.697. The van der Waals surface area contributed by atoms with Gasteiger partial charge in [-0.1, -0.05) is 25.7 Å². The van der Waals surface area contributed by atoms with Gasteiger partial charge in [-0.15, -0.1) is 0 Å². The third-order valence-corrected chi connectivity index (χ3v) is 3.53. The second-order valence-electron chi connectivity index (χ2n) is 5.44. The maximum atomic E-state index is 9.94. The van der Waals surface area contributed by atoms with Crippen LogP contribution < -0.4 is 0 Å². The Hall–Kier alpha value is -0.120. The van der Waals surface area contributed by atoms with Gasteiger partial charge in [0.25, 0.3) is 0 Å². The molecule has 0 aliphatic heterocycles. The van der Waals surface area contributed by atoms with E-state index in [-0.39, 0.29) is 12.2 Å². The summed E-state index contributed by atoms with van der Waals surface area (Å²) in [7, 11) is 2.01. The van der Waals surface area contributed by atoms with E-state index in [4.69, 9.17) is 0 Å². The van der Waals surface area contributed by atoms with Crippen LogP contribution in [0, 0.1) is 5.92 Å². The summed E-state index contributed by atoms with van der Waals surface area (Å²) in [6, 6.07) is 0. The molecule has 0 aromatic carbocycles. The lowest BCUT2D eigenvalue weighted by molar-refractivity contribution is 0.0925. The highest BCUT2D eigenvalue weighted by atomic mass is 16.3. The van der Waals surface area contributed by atoms with E-state index in [2.05, 4.69) is 4.90 Å². The maximum Gasteiger partial charge on any atom is 0.0669 e. The molecule has 16 heavy (non-hydrogen) atoms. The fourth-order valence-corrected chi connectivity index (χ4v) is 2.56. The zero-order valence-corrected chi connectivity index (χ0v) is 10.7. The summed E-state index contributed by atoms with van der Waals surface area (Å²) in [4.78, 5) is 2.12. The first-order chi connectivity index (χ1) is 7.58. The van der Waals surface area contributed by atoms with E-state index in [9.17, 15) is 10.2 Å². The Morgan fingerprint density at radius 1 is 1.25 bits per heavy atom. The molecule has 3 nitrogen and oxygen atoms in total. The highest BCUT2D eigenvalue weighted by molar-refractivity contribution is 4.72. The topological polar surface area (TPSA) is 43.7 Å². The van der Waals surface area contributed by atoms with Crippen molar-refractivity contribution in [3.05, 3.63) is 0 Å². The third kappa shape index (κ3) is 5.83. The Kier molecular flexibility index (Phi) is 6.32. The SMILES string of the molecule is CC(O)CCN(C)CC(O)CC1CCCC1. The van der Waals surface area contributed by atoms with E-state index in [1.807, 2.05) is 14.0 Å². The molecule has 1 saturated carbocycles. The number of hydrogen-bond donors (Lipinski definition) is 2. The summed E-state index contributed by atoms with van der Waals surface area (Å²) in [5, 5.41) is 19.1. The molecule has 1 aliphatic carbocycles. The number of likely N-dealkylation sites (N-methyl/N-ethyl adjacent to an activating group) is 1. The predicted molar refractivity (Wildman–Crippen MR) is 66.4 cm³/mol. The van der Waals surface area contributed by atoms with Crippen LogP contribution in [-0.2, 0) is 0 Å². The zero-order valence-electron chi connectivity index (χ0n) is 10.7. The molecule has 0 aromatic heterocycles. The van der Waals surface area contributed by atoms with E-state index in [1.165, 1.54) is 25.7 Å². The van der Waals surface area contributed by atoms with E-state index < -0.39 is 0 Å². The molecule has 0 amide bonds. The van der Waals surface area contributed by atoms with Crippen LogP contribution >= 0.6 is 0 Å². The Morgan fingerprint density at radius 2 is 1.88 bits per heavy atom. The Balaban J connectivity index is 2.09. The highest BCUT2D eigenvalue weighted by Crippen LogP contribution is 2.28. The fourth-order valence-electron chi connectivity index (χ4n) is 2.56. The number of nitrogens with zero attached hydrogens (tertiary/aromatic N) is 1. The summed E-state index contributed by atoms with van der Waals surface area (Å²) in [5.74, 6) is 0.750. The number of hydrogen-bond acceptors (Lipinski definition) is 3. The van der Waals surface area contributed by atoms with Crippen LogP contribution in [0.15, 0.2) is 0 Å². The average Bonchev–Trinajstić information content (AvgIpc) is 2.67. The molecule has 0 radical (unpaired) electrons. The molecule has 0 spiro atoms. The number of aliphatic hydroxyl groups excluding tert-OH is 2. The summed E-state index contributed by atoms with van der Waals surface area (Å²) >= 11 is 0. The van der Waals surface area contributed by atoms with Crippen LogP contribution in [0.5, 0.6) is 0 Å². The van der Waals surface area contributed by atoms with Crippen molar-refractivity contribution in [2.45, 2.75) is 57.7 Å². The summed E-state index contributed by atoms with van der Waals surface area (Å²) in [6.07, 6.45) is 6.59. The van der Waals surface area contributed by atoms with Crippen molar-refractivity contribution in [2.75, 3.05) is 20.1 Å². The van der Waals surface area contributed by atoms with Gasteiger partial charge in [-0.25, -0.2) is 0 Å². The molecule has 1 aliphatic rings. The van der Waals surface area contributed by atoms with Crippen molar-refractivity contribution in [1.82, 2.24) is 4.90 Å². The Labute approximate surface area is 99.5 Å². The van der Waals surface area contributed by atoms with Crippen molar-refractivity contribution in [1.29, 1.82) is 0 Å². The van der Waals surface area contributed by atoms with Gasteiger partial charge in [0.1, 0.15) is 0 Å². The number of aliphatic hydroxyl groups is 2. The highest BCUT2D eigenvalue weighted by Gasteiger charge is 2.19. The van der Waals surface area contributed by atoms with Crippen molar-refractivity contribution >= 4 is 0 Å². The molecule has 2 N–H and O–H groups in total. The molecular weight excluding hydrogens is 202 g/mol. The fraction of sp³-hybridized carbons (Fsp3) is 1.00. The second-order valence-corrected chi connectivity index (χ2v) is 5.44. The van der Waals surface area contributed by atoms with Crippen LogP contribution in [-0.4, -0.2) is 47.5 Å². The van der Waals surface area contributed by atoms with Gasteiger partial charge in [-0.3, -0.25) is 0 Å². The van der Waals surface area contributed by atoms with Crippen molar-refractivity contribution in [3.63, 3.8) is 0 Å². The monoisotopic (exact) mass is 229 g/mol. The molecule has 0 heterocycles. The summed E-state index contributed by atoms with van der Waals surface area (Å²) in [6.45, 7) is 3.41. The van der Waals surface area contributed by atoms with Gasteiger partial charge in [0.05, 0.1) is 12.2 Å². The summed E-state index contributed by atoms with van der Waals surface area (Å²) in [5.41, 5.74) is 0. The van der Waals surface area contributed by atoms with Crippen LogP contribution in [0.2, 0.25) is 0 Å². The minimum atomic E-state index is -0.241. The molecule has 3 heteroatoms. The molecule has 0 aromatic rings. The largest absolute Gasteiger partial charge is 0.393 e. The van der Waals surface area contributed by atoms with Crippen LogP contribution in [0.1, 0.15) is 45.4 Å². The lowest BCUT2D eigenvalue weighted by Crippen LogP contribution is -2.32. The number of rotatable bonds is 7. The second kappa shape index (κ2) is 7.25. The molecule has 0 bridgehead atoms. The van der Waals surface area contributed by atoms with Crippen LogP contribution in [0.4, 0.5) is 0 Å². The van der Waals surface area contributed by atoms with Gasteiger partial charge < -0.3 is 15.1 Å². The van der Waals surface area contributed by atoms with Crippen LogP contribution in [0.25, 0.3) is 0 Å². The minimum absolute atomic E-state index is 0.193. The molecule has 1 rings (SSSR count). The lowest BCUT2D eigenvalue weighted by atomic mass is 10.00. The van der Waals surface area contributed by atoms with Crippen molar-refractivity contribution in [3.8, 4) is 0 Å². The molecule has 2 atom stereocenters. The van der Waals surface area contributed by atoms with Gasteiger partial charge in [-0.05, 0) is 32.7 Å². The normalized spacial score (nSPS) is 21.6. The molecule has 1 fully saturated rings. The predicted octanol–water partition coefficient (Wildman–Crippen LogP) is 1.63. The maximum absolute atomic E-state index is 9.94. The first kappa shape index (κ1) is 13.9. The average molecular weight is 229 g/mol. The van der Waals surface area contributed by atoms with Gasteiger partial charge in [0.15, 0.2) is 0 Å². The van der Waals surface area contributed by atoms with Gasteiger partial charge >= 0.3 is 0 Å². The van der Waals surface area contributed by atoms with Crippen molar-refractivity contribution < 1.29 is 10.2 Å². The third-order valence-electron chi connectivity index (χ3n) is 3.53. The Morgan fingerprint density at radius 3 is 2.44 bits per heavy atom. The van der Waals surface area contributed by atoms with Gasteiger partial charge in [0.2, 0.25) is 0 Å². The van der Waals surface area contributed by atoms with Crippen molar-refractivity contribution in [2.24, 2.45) is 5.92 Å². The van der Waals surface area contributed by atoms with E-state index in [0.29, 0.717) is 0 Å². The van der Waals surface area contributed by atoms with Gasteiger partial charge in [0, 0.05) is 13.1 Å². The Bertz CT molecular complexity index is 179. The van der Waals surface area contributed by atoms with Crippen LogP contribution in [0.3, 0.4) is 0 Å². The minimum Gasteiger partial charge on any atom is -0.393 e. The van der Waals surface area contributed by atoms with E-state index in [1.54, 1.807) is 0 Å². The molecule has 2 unspecified atom stereocenters. The first-order valence-electron chi connectivity index (χ1n) is 6.62. The standard InChI is InChI=1S/C13H27NO2/c1-11(15)7-8-14(2)10-13(16)9-12-5-3-4-6-12/h11-13,15-16H,3-10H2,1-2H3. The lowest BCUT2D eigenvalue weighted by Gasteiger charge is -2.22. The smallest absolute Gasteiger partial charge is 0.0669 e. The molecular formula is C13H27NO2. The zero-order chi connectivity index (χ0) is 12.0. The van der Waals surface area contributed by atoms with E-state index in [0.717, 1.165) is 31.8 Å². The van der Waals surface area contributed by atoms with E-state index >= 15 is 0 Å². The summed E-state index contributed by atoms with van der Waals surface area (Å²) < 4.78 is 0. The molecule has 96 valence electrons.